The number of rotatable bonds is 3. The van der Waals surface area contributed by atoms with Crippen LogP contribution in [-0.4, -0.2) is 19.4 Å². The van der Waals surface area contributed by atoms with Crippen LogP contribution in [0.15, 0.2) is 48.5 Å². The third kappa shape index (κ3) is 4.17. The lowest BCUT2D eigenvalue weighted by atomic mass is 10.2. The first-order valence-corrected chi connectivity index (χ1v) is 7.14. The van der Waals surface area contributed by atoms with Gasteiger partial charge in [0.25, 0.3) is 0 Å². The van der Waals surface area contributed by atoms with Gasteiger partial charge >= 0.3 is 6.09 Å². The molecule has 116 valence electrons. The second-order valence-corrected chi connectivity index (χ2v) is 4.79. The quantitative estimate of drug-likeness (QED) is 0.886. The van der Waals surface area contributed by atoms with Gasteiger partial charge in [0.2, 0.25) is 6.79 Å². The van der Waals surface area contributed by atoms with Crippen molar-refractivity contribution in [3.8, 4) is 23.3 Å². The SMILES string of the molecule is O=C(NCC#Cc1ccc2c(c1)OCO2)OCc1ccccc1. The van der Waals surface area contributed by atoms with E-state index in [1.54, 1.807) is 0 Å². The summed E-state index contributed by atoms with van der Waals surface area (Å²) >= 11 is 0. The van der Waals surface area contributed by atoms with Crippen LogP contribution < -0.4 is 14.8 Å². The fourth-order valence-corrected chi connectivity index (χ4v) is 2.01. The summed E-state index contributed by atoms with van der Waals surface area (Å²) in [4.78, 5) is 11.5. The minimum atomic E-state index is -0.492. The first-order chi connectivity index (χ1) is 11.3. The summed E-state index contributed by atoms with van der Waals surface area (Å²) in [7, 11) is 0. The third-order valence-electron chi connectivity index (χ3n) is 3.14. The summed E-state index contributed by atoms with van der Waals surface area (Å²) in [5.41, 5.74) is 1.74. The van der Waals surface area contributed by atoms with E-state index in [2.05, 4.69) is 17.2 Å². The summed E-state index contributed by atoms with van der Waals surface area (Å²) < 4.78 is 15.6. The molecule has 2 aromatic rings. The Morgan fingerprint density at radius 1 is 1.13 bits per heavy atom. The molecular formula is C18H15NO4. The van der Waals surface area contributed by atoms with Crippen molar-refractivity contribution in [1.82, 2.24) is 5.32 Å². The zero-order chi connectivity index (χ0) is 15.9. The summed E-state index contributed by atoms with van der Waals surface area (Å²) in [5.74, 6) is 7.22. The maximum atomic E-state index is 11.5. The van der Waals surface area contributed by atoms with Crippen LogP contribution in [0.3, 0.4) is 0 Å². The minimum absolute atomic E-state index is 0.210. The zero-order valence-corrected chi connectivity index (χ0v) is 12.4. The molecule has 5 heteroatoms. The molecule has 0 aromatic heterocycles. The van der Waals surface area contributed by atoms with E-state index >= 15 is 0 Å². The van der Waals surface area contributed by atoms with Crippen molar-refractivity contribution in [2.45, 2.75) is 6.61 Å². The van der Waals surface area contributed by atoms with Crippen LogP contribution in [0.5, 0.6) is 11.5 Å². The Kier molecular flexibility index (Phi) is 4.65. The number of carbonyl (C=O) groups is 1. The molecule has 1 aliphatic heterocycles. The van der Waals surface area contributed by atoms with Gasteiger partial charge in [-0.05, 0) is 23.8 Å². The molecule has 0 atom stereocenters. The monoisotopic (exact) mass is 309 g/mol. The Morgan fingerprint density at radius 3 is 2.83 bits per heavy atom. The molecule has 0 aliphatic carbocycles. The number of hydrogen-bond acceptors (Lipinski definition) is 4. The predicted octanol–water partition coefficient (Wildman–Crippen LogP) is 2.69. The van der Waals surface area contributed by atoms with Crippen molar-refractivity contribution >= 4 is 6.09 Å². The van der Waals surface area contributed by atoms with Crippen LogP contribution >= 0.6 is 0 Å². The lowest BCUT2D eigenvalue weighted by Gasteiger charge is -2.04. The zero-order valence-electron chi connectivity index (χ0n) is 12.4. The van der Waals surface area contributed by atoms with Crippen molar-refractivity contribution in [3.05, 3.63) is 59.7 Å². The molecule has 1 heterocycles. The van der Waals surface area contributed by atoms with Crippen LogP contribution in [0, 0.1) is 11.8 Å². The van der Waals surface area contributed by atoms with E-state index in [0.717, 1.165) is 16.9 Å². The first-order valence-electron chi connectivity index (χ1n) is 7.14. The van der Waals surface area contributed by atoms with Gasteiger partial charge in [-0.15, -0.1) is 0 Å². The molecule has 0 spiro atoms. The van der Waals surface area contributed by atoms with Gasteiger partial charge in [0.15, 0.2) is 11.5 Å². The van der Waals surface area contributed by atoms with Gasteiger partial charge in [-0.1, -0.05) is 42.2 Å². The predicted molar refractivity (Wildman–Crippen MR) is 84.1 cm³/mol. The molecule has 23 heavy (non-hydrogen) atoms. The third-order valence-corrected chi connectivity index (χ3v) is 3.14. The van der Waals surface area contributed by atoms with E-state index in [9.17, 15) is 4.79 Å². The van der Waals surface area contributed by atoms with Gasteiger partial charge in [0.05, 0.1) is 6.54 Å². The highest BCUT2D eigenvalue weighted by atomic mass is 16.7. The fraction of sp³-hybridized carbons (Fsp3) is 0.167. The van der Waals surface area contributed by atoms with E-state index in [1.807, 2.05) is 48.5 Å². The van der Waals surface area contributed by atoms with Crippen LogP contribution in [0.25, 0.3) is 0 Å². The summed E-state index contributed by atoms with van der Waals surface area (Å²) in [6.07, 6.45) is -0.492. The summed E-state index contributed by atoms with van der Waals surface area (Å²) in [5, 5.41) is 2.58. The number of fused-ring (bicyclic) bond motifs is 1. The highest BCUT2D eigenvalue weighted by Crippen LogP contribution is 2.32. The number of nitrogens with one attached hydrogen (secondary N) is 1. The molecular weight excluding hydrogens is 294 g/mol. The Balaban J connectivity index is 1.43. The van der Waals surface area contributed by atoms with E-state index in [1.165, 1.54) is 0 Å². The maximum absolute atomic E-state index is 11.5. The largest absolute Gasteiger partial charge is 0.454 e. The van der Waals surface area contributed by atoms with Crippen molar-refractivity contribution < 1.29 is 19.0 Å². The molecule has 0 saturated heterocycles. The van der Waals surface area contributed by atoms with Gasteiger partial charge in [0, 0.05) is 5.56 Å². The topological polar surface area (TPSA) is 56.8 Å². The Labute approximate surface area is 134 Å². The van der Waals surface area contributed by atoms with Gasteiger partial charge in [0.1, 0.15) is 6.61 Å². The molecule has 3 rings (SSSR count). The molecule has 0 unspecified atom stereocenters. The number of amides is 1. The molecule has 0 saturated carbocycles. The van der Waals surface area contributed by atoms with E-state index in [0.29, 0.717) is 5.75 Å². The minimum Gasteiger partial charge on any atom is -0.454 e. The number of benzene rings is 2. The lowest BCUT2D eigenvalue weighted by molar-refractivity contribution is 0.141. The van der Waals surface area contributed by atoms with Gasteiger partial charge in [-0.3, -0.25) is 0 Å². The van der Waals surface area contributed by atoms with Crippen molar-refractivity contribution in [3.63, 3.8) is 0 Å². The summed E-state index contributed by atoms with van der Waals surface area (Å²) in [6, 6.07) is 15.0. The average Bonchev–Trinajstić information content (AvgIpc) is 3.05. The highest BCUT2D eigenvalue weighted by Gasteiger charge is 2.12. The molecule has 0 radical (unpaired) electrons. The maximum Gasteiger partial charge on any atom is 0.408 e. The van der Waals surface area contributed by atoms with Crippen LogP contribution in [-0.2, 0) is 11.3 Å². The van der Waals surface area contributed by atoms with Crippen LogP contribution in [0.4, 0.5) is 4.79 Å². The smallest absolute Gasteiger partial charge is 0.408 e. The molecule has 5 nitrogen and oxygen atoms in total. The average molecular weight is 309 g/mol. The highest BCUT2D eigenvalue weighted by molar-refractivity contribution is 5.67. The fourth-order valence-electron chi connectivity index (χ4n) is 2.01. The Morgan fingerprint density at radius 2 is 1.96 bits per heavy atom. The van der Waals surface area contributed by atoms with E-state index < -0.39 is 6.09 Å². The van der Waals surface area contributed by atoms with Gasteiger partial charge in [-0.2, -0.15) is 0 Å². The van der Waals surface area contributed by atoms with Crippen LogP contribution in [0.1, 0.15) is 11.1 Å². The van der Waals surface area contributed by atoms with E-state index in [-0.39, 0.29) is 19.9 Å². The molecule has 2 aromatic carbocycles. The van der Waals surface area contributed by atoms with Crippen LogP contribution in [0.2, 0.25) is 0 Å². The van der Waals surface area contributed by atoms with Gasteiger partial charge in [-0.25, -0.2) is 4.79 Å². The molecule has 0 bridgehead atoms. The second kappa shape index (κ2) is 7.23. The number of ether oxygens (including phenoxy) is 3. The first kappa shape index (κ1) is 14.8. The Hall–Kier alpha value is -3.13. The molecule has 0 fully saturated rings. The van der Waals surface area contributed by atoms with E-state index in [4.69, 9.17) is 14.2 Å². The van der Waals surface area contributed by atoms with Crippen molar-refractivity contribution in [2.75, 3.05) is 13.3 Å². The molecule has 1 aliphatic rings. The van der Waals surface area contributed by atoms with Crippen molar-refractivity contribution in [2.24, 2.45) is 0 Å². The molecule has 1 N–H and O–H groups in total. The number of hydrogen-bond donors (Lipinski definition) is 1. The second-order valence-electron chi connectivity index (χ2n) is 4.79. The van der Waals surface area contributed by atoms with Gasteiger partial charge < -0.3 is 19.5 Å². The number of carbonyl (C=O) groups excluding carboxylic acids is 1. The lowest BCUT2D eigenvalue weighted by Crippen LogP contribution is -2.24. The molecule has 1 amide bonds. The van der Waals surface area contributed by atoms with Crippen molar-refractivity contribution in [1.29, 1.82) is 0 Å². The number of alkyl carbamates (subject to hydrolysis) is 1. The standard InChI is InChI=1S/C18H15NO4/c20-18(21-12-15-5-2-1-3-6-15)19-10-4-7-14-8-9-16-17(11-14)23-13-22-16/h1-3,5-6,8-9,11H,10,12-13H2,(H,19,20). The summed E-state index contributed by atoms with van der Waals surface area (Å²) in [6.45, 7) is 0.686. The Bertz CT molecular complexity index is 747. The normalized spacial score (nSPS) is 11.3.